The molecule has 0 radical (unpaired) electrons. The van der Waals surface area contributed by atoms with E-state index in [4.69, 9.17) is 25.3 Å². The normalized spacial score (nSPS) is 12.8. The summed E-state index contributed by atoms with van der Waals surface area (Å²) in [5.41, 5.74) is 4.66. The highest BCUT2D eigenvalue weighted by Gasteiger charge is 2.28. The van der Waals surface area contributed by atoms with Gasteiger partial charge in [0.15, 0.2) is 5.75 Å². The van der Waals surface area contributed by atoms with Gasteiger partial charge >= 0.3 is 15.2 Å². The van der Waals surface area contributed by atoms with Gasteiger partial charge in [0.2, 0.25) is 0 Å². The van der Waals surface area contributed by atoms with Gasteiger partial charge in [0.25, 0.3) is 0 Å². The molecule has 90 valence electrons. The predicted molar refractivity (Wildman–Crippen MR) is 55.9 cm³/mol. The van der Waals surface area contributed by atoms with Crippen molar-refractivity contribution in [3.05, 3.63) is 12.1 Å². The molecule has 0 heterocycles. The topological polar surface area (TPSA) is 161 Å². The minimum absolute atomic E-state index is 0.515. The fraction of sp³-hybridized carbons (Fsp3) is 0. The molecule has 0 saturated carbocycles. The van der Waals surface area contributed by atoms with Gasteiger partial charge < -0.3 is 30.4 Å². The molecule has 0 aliphatic rings. The van der Waals surface area contributed by atoms with Gasteiger partial charge in [0.05, 0.1) is 11.0 Å². The van der Waals surface area contributed by atoms with Gasteiger partial charge in [-0.1, -0.05) is 0 Å². The molecule has 7 N–H and O–H groups in total. The number of hydrogen-bond acceptors (Lipinski definition) is 4. The van der Waals surface area contributed by atoms with Gasteiger partial charge in [-0.2, -0.15) is 0 Å². The molecule has 0 spiro atoms. The van der Waals surface area contributed by atoms with E-state index in [0.717, 1.165) is 6.07 Å². The number of phenols is 1. The molecule has 0 saturated heterocycles. The second-order valence-electron chi connectivity index (χ2n) is 2.99. The molecule has 0 fully saturated rings. The zero-order valence-electron chi connectivity index (χ0n) is 7.68. The minimum Gasteiger partial charge on any atom is -0.505 e. The Bertz CT molecular complexity index is 516. The summed E-state index contributed by atoms with van der Waals surface area (Å²) in [5.74, 6) is -0.884. The third kappa shape index (κ3) is 2.62. The Labute approximate surface area is 89.7 Å². The number of nitrogens with two attached hydrogens (primary N) is 1. The van der Waals surface area contributed by atoms with E-state index in [0.29, 0.717) is 6.07 Å². The monoisotopic (exact) mass is 269 g/mol. The van der Waals surface area contributed by atoms with Crippen molar-refractivity contribution < 1.29 is 33.8 Å². The number of hydrogen-bond donors (Lipinski definition) is 6. The molecule has 1 rings (SSSR count). The van der Waals surface area contributed by atoms with Crippen LogP contribution in [0.3, 0.4) is 0 Å². The van der Waals surface area contributed by atoms with Crippen molar-refractivity contribution in [1.29, 1.82) is 0 Å². The molecule has 10 heteroatoms. The smallest absolute Gasteiger partial charge is 0.360 e. The summed E-state index contributed by atoms with van der Waals surface area (Å²) in [6.07, 6.45) is 0. The standard InChI is InChI=1S/C6H9NO7P2/c7-4-1-3(15(9,10)11)2-5(6(4)8)16(12,13)14/h1-2,8H,7H2,(H2,9,10,11)(H2,12,13,14). The van der Waals surface area contributed by atoms with Crippen LogP contribution in [0.1, 0.15) is 0 Å². The summed E-state index contributed by atoms with van der Waals surface area (Å²) < 4.78 is 21.8. The fourth-order valence-electron chi connectivity index (χ4n) is 1.02. The van der Waals surface area contributed by atoms with Crippen molar-refractivity contribution >= 4 is 31.5 Å². The second kappa shape index (κ2) is 3.85. The van der Waals surface area contributed by atoms with Crippen LogP contribution in [0.5, 0.6) is 5.75 Å². The quantitative estimate of drug-likeness (QED) is 0.216. The molecule has 0 unspecified atom stereocenters. The van der Waals surface area contributed by atoms with Gasteiger partial charge in [-0.25, -0.2) is 0 Å². The lowest BCUT2D eigenvalue weighted by Crippen LogP contribution is -2.16. The summed E-state index contributed by atoms with van der Waals surface area (Å²) in [5, 5.41) is 7.68. The third-order valence-electron chi connectivity index (χ3n) is 1.75. The zero-order valence-corrected chi connectivity index (χ0v) is 9.47. The van der Waals surface area contributed by atoms with Crippen molar-refractivity contribution in [3.8, 4) is 5.75 Å². The van der Waals surface area contributed by atoms with Gasteiger partial charge in [0.1, 0.15) is 5.30 Å². The molecule has 0 atom stereocenters. The summed E-state index contributed by atoms with van der Waals surface area (Å²) >= 11 is 0. The Kier molecular flexibility index (Phi) is 3.17. The first-order valence-electron chi connectivity index (χ1n) is 3.78. The molecule has 1 aromatic rings. The van der Waals surface area contributed by atoms with E-state index in [9.17, 15) is 14.2 Å². The predicted octanol–water partition coefficient (Wildman–Crippen LogP) is -1.42. The Morgan fingerprint density at radius 3 is 1.88 bits per heavy atom. The Morgan fingerprint density at radius 2 is 1.50 bits per heavy atom. The van der Waals surface area contributed by atoms with E-state index >= 15 is 0 Å². The minimum atomic E-state index is -4.85. The molecular weight excluding hydrogens is 260 g/mol. The lowest BCUT2D eigenvalue weighted by atomic mass is 10.3. The molecule has 16 heavy (non-hydrogen) atoms. The summed E-state index contributed by atoms with van der Waals surface area (Å²) in [7, 11) is -9.55. The van der Waals surface area contributed by atoms with E-state index in [1.807, 2.05) is 0 Å². The van der Waals surface area contributed by atoms with Crippen LogP contribution in [0.4, 0.5) is 5.69 Å². The zero-order chi connectivity index (χ0) is 12.7. The number of phenolic OH excluding ortho intramolecular Hbond substituents is 1. The van der Waals surface area contributed by atoms with Crippen LogP contribution in [-0.2, 0) is 9.13 Å². The Hall–Kier alpha value is -0.880. The lowest BCUT2D eigenvalue weighted by Gasteiger charge is -2.12. The first-order chi connectivity index (χ1) is 7.03. The molecule has 0 aliphatic heterocycles. The molecule has 0 bridgehead atoms. The summed E-state index contributed by atoms with van der Waals surface area (Å²) in [4.78, 5) is 35.3. The molecule has 1 aromatic carbocycles. The first kappa shape index (κ1) is 13.2. The van der Waals surface area contributed by atoms with E-state index in [-0.39, 0.29) is 0 Å². The van der Waals surface area contributed by atoms with Crippen LogP contribution in [0.15, 0.2) is 12.1 Å². The lowest BCUT2D eigenvalue weighted by molar-refractivity contribution is 0.384. The highest BCUT2D eigenvalue weighted by molar-refractivity contribution is 7.62. The van der Waals surface area contributed by atoms with Crippen molar-refractivity contribution in [3.63, 3.8) is 0 Å². The van der Waals surface area contributed by atoms with E-state index in [1.165, 1.54) is 0 Å². The van der Waals surface area contributed by atoms with Crippen molar-refractivity contribution in [2.45, 2.75) is 0 Å². The number of aromatic hydroxyl groups is 1. The molecule has 0 amide bonds. The number of nitrogen functional groups attached to an aromatic ring is 1. The molecule has 0 aromatic heterocycles. The van der Waals surface area contributed by atoms with Crippen molar-refractivity contribution in [2.75, 3.05) is 5.73 Å². The highest BCUT2D eigenvalue weighted by atomic mass is 31.2. The highest BCUT2D eigenvalue weighted by Crippen LogP contribution is 2.41. The molecular formula is C6H9NO7P2. The molecule has 0 aliphatic carbocycles. The van der Waals surface area contributed by atoms with Crippen LogP contribution < -0.4 is 16.3 Å². The average molecular weight is 269 g/mol. The van der Waals surface area contributed by atoms with E-state index in [2.05, 4.69) is 0 Å². The van der Waals surface area contributed by atoms with Crippen LogP contribution in [0.25, 0.3) is 0 Å². The number of anilines is 1. The number of benzene rings is 1. The van der Waals surface area contributed by atoms with Crippen LogP contribution in [-0.4, -0.2) is 24.7 Å². The third-order valence-corrected chi connectivity index (χ3v) is 3.65. The Balaban J connectivity index is 3.59. The maximum atomic E-state index is 10.9. The van der Waals surface area contributed by atoms with Gasteiger partial charge in [-0.15, -0.1) is 0 Å². The van der Waals surface area contributed by atoms with Crippen LogP contribution in [0.2, 0.25) is 0 Å². The van der Waals surface area contributed by atoms with Crippen LogP contribution >= 0.6 is 15.2 Å². The number of rotatable bonds is 2. The summed E-state index contributed by atoms with van der Waals surface area (Å²) in [6.45, 7) is 0. The van der Waals surface area contributed by atoms with Gasteiger partial charge in [-0.05, 0) is 12.1 Å². The van der Waals surface area contributed by atoms with E-state index in [1.54, 1.807) is 0 Å². The molecule has 8 nitrogen and oxygen atoms in total. The first-order valence-corrected chi connectivity index (χ1v) is 7.00. The van der Waals surface area contributed by atoms with Gasteiger partial charge in [-0.3, -0.25) is 9.13 Å². The largest absolute Gasteiger partial charge is 0.505 e. The van der Waals surface area contributed by atoms with Crippen molar-refractivity contribution in [1.82, 2.24) is 0 Å². The Morgan fingerprint density at radius 1 is 1.00 bits per heavy atom. The average Bonchev–Trinajstić information content (AvgIpc) is 2.05. The summed E-state index contributed by atoms with van der Waals surface area (Å²) in [6, 6.07) is 1.29. The SMILES string of the molecule is Nc1cc(P(=O)(O)O)cc(P(=O)(O)O)c1O. The second-order valence-corrected chi connectivity index (χ2v) is 6.17. The van der Waals surface area contributed by atoms with Crippen LogP contribution in [0, 0.1) is 0 Å². The maximum absolute atomic E-state index is 10.9. The van der Waals surface area contributed by atoms with Gasteiger partial charge in [0, 0.05) is 0 Å². The maximum Gasteiger partial charge on any atom is 0.360 e. The fourth-order valence-corrected chi connectivity index (χ4v) is 2.43. The van der Waals surface area contributed by atoms with Crippen molar-refractivity contribution in [2.24, 2.45) is 0 Å². The van der Waals surface area contributed by atoms with E-state index < -0.39 is 37.2 Å².